The third kappa shape index (κ3) is 15.7. The summed E-state index contributed by atoms with van der Waals surface area (Å²) in [4.78, 5) is 19.3. The van der Waals surface area contributed by atoms with Gasteiger partial charge >= 0.3 is 0 Å². The Balaban J connectivity index is 0. The van der Waals surface area contributed by atoms with E-state index in [9.17, 15) is 9.59 Å². The zero-order valence-electron chi connectivity index (χ0n) is 8.44. The number of carbonyl (C=O) groups is 2. The maximum absolute atomic E-state index is 9.84. The van der Waals surface area contributed by atoms with Crippen molar-refractivity contribution >= 4 is 35.8 Å². The molecule has 0 aliphatic heterocycles. The lowest BCUT2D eigenvalue weighted by atomic mass is 10.5. The van der Waals surface area contributed by atoms with Crippen LogP contribution in [0.5, 0.6) is 0 Å². The van der Waals surface area contributed by atoms with Crippen molar-refractivity contribution in [3.05, 3.63) is 22.5 Å². The quantitative estimate of drug-likeness (QED) is 0.472. The molecule has 0 aromatic heterocycles. The molecular weight excluding hydrogens is 241 g/mol. The second-order valence-corrected chi connectivity index (χ2v) is 3.35. The molecule has 0 atom stereocenters. The molecule has 2 N–H and O–H groups in total. The number of ether oxygens (including phenoxy) is 1. The number of nitrogens with two attached hydrogens (primary N) is 1. The summed E-state index contributed by atoms with van der Waals surface area (Å²) in [5.74, 6) is 0. The summed E-state index contributed by atoms with van der Waals surface area (Å²) in [6.07, 6.45) is 3.35. The normalized spacial score (nSPS) is 11.5. The van der Waals surface area contributed by atoms with E-state index >= 15 is 0 Å². The van der Waals surface area contributed by atoms with E-state index < -0.39 is 0 Å². The van der Waals surface area contributed by atoms with Crippen LogP contribution >= 0.6 is 23.2 Å². The van der Waals surface area contributed by atoms with Crippen LogP contribution in [0.25, 0.3) is 0 Å². The van der Waals surface area contributed by atoms with Crippen molar-refractivity contribution in [1.82, 2.24) is 0 Å². The van der Waals surface area contributed by atoms with Gasteiger partial charge in [-0.15, -0.1) is 0 Å². The van der Waals surface area contributed by atoms with Crippen LogP contribution in [0.2, 0.25) is 0 Å². The highest BCUT2D eigenvalue weighted by Gasteiger charge is 1.89. The van der Waals surface area contributed by atoms with Crippen LogP contribution in [0.4, 0.5) is 0 Å². The largest absolute Gasteiger partial charge is 0.497 e. The standard InChI is InChI=1S/C6H9ClO2.C3H4ClNO/c1-5(2)9-4-6(7)3-8;4-3(1-5)2-6/h3-5H,1-2H3;1-2H,5H2/b6-4+;3-1+. The molecule has 0 saturated heterocycles. The van der Waals surface area contributed by atoms with E-state index in [2.05, 4.69) is 0 Å². The molecule has 15 heavy (non-hydrogen) atoms. The van der Waals surface area contributed by atoms with Crippen molar-refractivity contribution < 1.29 is 14.3 Å². The topological polar surface area (TPSA) is 69.4 Å². The van der Waals surface area contributed by atoms with Gasteiger partial charge in [0.2, 0.25) is 0 Å². The lowest BCUT2D eigenvalue weighted by Crippen LogP contribution is -1.95. The first-order chi connectivity index (χ1) is 6.97. The molecular formula is C9H13Cl2NO3. The maximum atomic E-state index is 9.84. The summed E-state index contributed by atoms with van der Waals surface area (Å²) >= 11 is 10.3. The average molecular weight is 254 g/mol. The number of hydrogen-bond acceptors (Lipinski definition) is 4. The Bertz CT molecular complexity index is 250. The van der Waals surface area contributed by atoms with Crippen LogP contribution < -0.4 is 5.73 Å². The third-order valence-corrected chi connectivity index (χ3v) is 1.23. The molecule has 0 heterocycles. The van der Waals surface area contributed by atoms with E-state index in [-0.39, 0.29) is 16.2 Å². The van der Waals surface area contributed by atoms with Crippen molar-refractivity contribution in [2.45, 2.75) is 20.0 Å². The van der Waals surface area contributed by atoms with Gasteiger partial charge in [0.05, 0.1) is 11.1 Å². The van der Waals surface area contributed by atoms with Gasteiger partial charge in [-0.25, -0.2) is 0 Å². The molecule has 0 aliphatic rings. The molecule has 86 valence electrons. The molecule has 0 aromatic rings. The number of hydrogen-bond donors (Lipinski definition) is 1. The minimum Gasteiger partial charge on any atom is -0.497 e. The van der Waals surface area contributed by atoms with Crippen LogP contribution in [0.1, 0.15) is 13.8 Å². The summed E-state index contributed by atoms with van der Waals surface area (Å²) in [7, 11) is 0. The van der Waals surface area contributed by atoms with E-state index in [0.717, 1.165) is 6.20 Å². The Morgan fingerprint density at radius 3 is 1.87 bits per heavy atom. The Hall–Kier alpha value is -1.00. The summed E-state index contributed by atoms with van der Waals surface area (Å²) < 4.78 is 4.87. The fraction of sp³-hybridized carbons (Fsp3) is 0.333. The molecule has 0 unspecified atom stereocenters. The predicted octanol–water partition coefficient (Wildman–Crippen LogP) is 1.91. The van der Waals surface area contributed by atoms with E-state index in [4.69, 9.17) is 33.7 Å². The van der Waals surface area contributed by atoms with Gasteiger partial charge in [0.25, 0.3) is 0 Å². The lowest BCUT2D eigenvalue weighted by Gasteiger charge is -2.01. The first kappa shape index (κ1) is 16.4. The second-order valence-electron chi connectivity index (χ2n) is 2.47. The number of aldehydes is 2. The third-order valence-electron chi connectivity index (χ3n) is 0.837. The molecule has 0 fully saturated rings. The molecule has 4 nitrogen and oxygen atoms in total. The lowest BCUT2D eigenvalue weighted by molar-refractivity contribution is -0.105. The molecule has 0 aromatic carbocycles. The van der Waals surface area contributed by atoms with E-state index in [0.29, 0.717) is 12.6 Å². The highest BCUT2D eigenvalue weighted by molar-refractivity contribution is 6.38. The molecule has 0 spiro atoms. The minimum absolute atomic E-state index is 0.0370. The zero-order valence-corrected chi connectivity index (χ0v) is 9.96. The van der Waals surface area contributed by atoms with Gasteiger partial charge in [0, 0.05) is 6.20 Å². The summed E-state index contributed by atoms with van der Waals surface area (Å²) in [5, 5.41) is 0.124. The number of halogens is 2. The van der Waals surface area contributed by atoms with Gasteiger partial charge in [-0.1, -0.05) is 23.2 Å². The van der Waals surface area contributed by atoms with Gasteiger partial charge in [0.1, 0.15) is 11.3 Å². The molecule has 0 amide bonds. The highest BCUT2D eigenvalue weighted by atomic mass is 35.5. The smallest absolute Gasteiger partial charge is 0.164 e. The second kappa shape index (κ2) is 11.1. The monoisotopic (exact) mass is 253 g/mol. The Morgan fingerprint density at radius 1 is 1.20 bits per heavy atom. The van der Waals surface area contributed by atoms with Crippen molar-refractivity contribution in [1.29, 1.82) is 0 Å². The van der Waals surface area contributed by atoms with E-state index in [1.54, 1.807) is 0 Å². The van der Waals surface area contributed by atoms with Crippen LogP contribution in [-0.4, -0.2) is 18.7 Å². The molecule has 6 heteroatoms. The van der Waals surface area contributed by atoms with Crippen LogP contribution in [0.3, 0.4) is 0 Å². The Labute approximate surface area is 98.7 Å². The van der Waals surface area contributed by atoms with Crippen LogP contribution in [0.15, 0.2) is 22.5 Å². The first-order valence-electron chi connectivity index (χ1n) is 3.96. The molecule has 0 radical (unpaired) electrons. The Kier molecular flexibility index (Phi) is 12.1. The van der Waals surface area contributed by atoms with Crippen LogP contribution in [0, 0.1) is 0 Å². The fourth-order valence-electron chi connectivity index (χ4n) is 0.268. The summed E-state index contributed by atoms with van der Waals surface area (Å²) in [6.45, 7) is 3.71. The van der Waals surface area contributed by atoms with E-state index in [1.165, 1.54) is 6.26 Å². The van der Waals surface area contributed by atoms with Gasteiger partial charge in [-0.2, -0.15) is 0 Å². The van der Waals surface area contributed by atoms with Gasteiger partial charge in [-0.3, -0.25) is 9.59 Å². The number of carbonyl (C=O) groups excluding carboxylic acids is 2. The van der Waals surface area contributed by atoms with Gasteiger partial charge in [-0.05, 0) is 13.8 Å². The fourth-order valence-corrected chi connectivity index (χ4v) is 0.320. The predicted molar refractivity (Wildman–Crippen MR) is 60.4 cm³/mol. The zero-order chi connectivity index (χ0) is 12.3. The number of allylic oxidation sites excluding steroid dienone is 2. The highest BCUT2D eigenvalue weighted by Crippen LogP contribution is 1.98. The molecule has 0 rings (SSSR count). The van der Waals surface area contributed by atoms with Crippen molar-refractivity contribution in [2.75, 3.05) is 0 Å². The van der Waals surface area contributed by atoms with Crippen LogP contribution in [-0.2, 0) is 14.3 Å². The Morgan fingerprint density at radius 2 is 1.67 bits per heavy atom. The van der Waals surface area contributed by atoms with Gasteiger partial charge in [0.15, 0.2) is 12.6 Å². The van der Waals surface area contributed by atoms with Crippen molar-refractivity contribution in [3.8, 4) is 0 Å². The van der Waals surface area contributed by atoms with Gasteiger partial charge < -0.3 is 10.5 Å². The molecule has 0 bridgehead atoms. The average Bonchev–Trinajstić information content (AvgIpc) is 2.25. The van der Waals surface area contributed by atoms with Crippen molar-refractivity contribution in [2.24, 2.45) is 5.73 Å². The molecule has 0 aliphatic carbocycles. The first-order valence-corrected chi connectivity index (χ1v) is 4.72. The molecule has 0 saturated carbocycles. The maximum Gasteiger partial charge on any atom is 0.164 e. The van der Waals surface area contributed by atoms with Crippen molar-refractivity contribution in [3.63, 3.8) is 0 Å². The van der Waals surface area contributed by atoms with E-state index in [1.807, 2.05) is 13.8 Å². The summed E-state index contributed by atoms with van der Waals surface area (Å²) in [6, 6.07) is 0. The SMILES string of the molecule is CC(C)O/C=C(/Cl)C=O.N/C=C(/Cl)C=O. The number of rotatable bonds is 4. The minimum atomic E-state index is 0.0370. The summed E-state index contributed by atoms with van der Waals surface area (Å²) in [5.41, 5.74) is 4.76.